The van der Waals surface area contributed by atoms with Crippen LogP contribution < -0.4 is 5.73 Å². The molecular formula is C48H93NO4. The first-order chi connectivity index (χ1) is 26.2. The molecule has 0 aromatic rings. The van der Waals surface area contributed by atoms with Crippen molar-refractivity contribution in [2.45, 2.75) is 245 Å². The molecule has 3 atom stereocenters. The fraction of sp³-hybridized carbons (Fsp3) is 0.875. The highest BCUT2D eigenvalue weighted by molar-refractivity contribution is 4.82. The Bertz CT molecular complexity index is 769. The van der Waals surface area contributed by atoms with Crippen molar-refractivity contribution in [3.8, 4) is 0 Å². The van der Waals surface area contributed by atoms with E-state index in [-0.39, 0.29) is 12.2 Å². The van der Waals surface area contributed by atoms with E-state index in [1.807, 2.05) is 0 Å². The molecular weight excluding hydrogens is 655 g/mol. The number of rotatable bonds is 44. The average Bonchev–Trinajstić information content (AvgIpc) is 3.16. The van der Waals surface area contributed by atoms with Crippen molar-refractivity contribution in [1.82, 2.24) is 0 Å². The second-order valence-corrected chi connectivity index (χ2v) is 15.6. The lowest BCUT2D eigenvalue weighted by Crippen LogP contribution is -2.23. The summed E-state index contributed by atoms with van der Waals surface area (Å²) in [5.74, 6) is 0. The molecule has 314 valence electrons. The molecule has 0 heterocycles. The Labute approximate surface area is 331 Å². The molecule has 0 aliphatic carbocycles. The number of hydrogen-bond donors (Lipinski definition) is 2. The summed E-state index contributed by atoms with van der Waals surface area (Å²) in [7, 11) is 0. The minimum Gasteiger partial charge on any atom is -0.378 e. The first-order valence-electron chi connectivity index (χ1n) is 23.4. The first-order valence-corrected chi connectivity index (χ1v) is 23.4. The Hall–Kier alpha value is -0.980. The number of ether oxygens (including phenoxy) is 3. The Morgan fingerprint density at radius 1 is 0.377 bits per heavy atom. The lowest BCUT2D eigenvalue weighted by molar-refractivity contribution is -0.113. The van der Waals surface area contributed by atoms with E-state index in [2.05, 4.69) is 57.2 Å². The highest BCUT2D eigenvalue weighted by atomic mass is 16.6. The fourth-order valence-electron chi connectivity index (χ4n) is 6.76. The smallest absolute Gasteiger partial charge is 0.154 e. The minimum atomic E-state index is -0.663. The van der Waals surface area contributed by atoms with Crippen LogP contribution in [0.25, 0.3) is 0 Å². The van der Waals surface area contributed by atoms with Gasteiger partial charge in [-0.3, -0.25) is 0 Å². The quantitative estimate of drug-likeness (QED) is 0.0369. The van der Waals surface area contributed by atoms with Gasteiger partial charge in [0.15, 0.2) is 6.29 Å². The van der Waals surface area contributed by atoms with Gasteiger partial charge in [-0.25, -0.2) is 0 Å². The summed E-state index contributed by atoms with van der Waals surface area (Å²) in [6, 6.07) is 0. The van der Waals surface area contributed by atoms with E-state index in [0.29, 0.717) is 26.4 Å². The maximum atomic E-state index is 10.5. The monoisotopic (exact) mass is 748 g/mol. The number of nitrogens with two attached hydrogens (primary N) is 1. The van der Waals surface area contributed by atoms with E-state index < -0.39 is 6.29 Å². The number of allylic oxidation sites excluding steroid dienone is 6. The third-order valence-electron chi connectivity index (χ3n) is 10.3. The molecule has 0 saturated carbocycles. The Balaban J connectivity index is 4.49. The van der Waals surface area contributed by atoms with Gasteiger partial charge in [0.05, 0.1) is 25.4 Å². The van der Waals surface area contributed by atoms with Crippen LogP contribution in [0.3, 0.4) is 0 Å². The summed E-state index contributed by atoms with van der Waals surface area (Å²) in [6.07, 6.45) is 52.4. The van der Waals surface area contributed by atoms with E-state index in [1.165, 1.54) is 167 Å². The highest BCUT2D eigenvalue weighted by Crippen LogP contribution is 2.18. The van der Waals surface area contributed by atoms with Crippen LogP contribution in [0.15, 0.2) is 36.5 Å². The molecule has 0 saturated heterocycles. The fourth-order valence-corrected chi connectivity index (χ4v) is 6.76. The summed E-state index contributed by atoms with van der Waals surface area (Å²) in [6.45, 7) is 9.22. The summed E-state index contributed by atoms with van der Waals surface area (Å²) < 4.78 is 18.6. The van der Waals surface area contributed by atoms with E-state index in [0.717, 1.165) is 38.5 Å². The van der Waals surface area contributed by atoms with Gasteiger partial charge in [0.25, 0.3) is 0 Å². The standard InChI is InChI=1S/C48H93NO4/c1-4-7-10-13-16-19-22-25-28-31-34-37-46(41-44-53-48(50)39-36-33-30-27-24-21-18-15-12-9-6-3)51-43-40-47(52-45-42-49)38-35-32-29-26-23-20-17-14-11-8-5-2/h13-18,46-48,50H,4-12,19-45,49H2,1-3H3/b16-13+,17-14+,18-15+. The van der Waals surface area contributed by atoms with Crippen molar-refractivity contribution in [3.05, 3.63) is 36.5 Å². The minimum absolute atomic E-state index is 0.172. The first kappa shape index (κ1) is 52.0. The van der Waals surface area contributed by atoms with Crippen molar-refractivity contribution >= 4 is 0 Å². The van der Waals surface area contributed by atoms with E-state index in [9.17, 15) is 5.11 Å². The largest absolute Gasteiger partial charge is 0.378 e. The second-order valence-electron chi connectivity index (χ2n) is 15.6. The molecule has 0 rings (SSSR count). The molecule has 3 N–H and O–H groups in total. The molecule has 0 aromatic heterocycles. The van der Waals surface area contributed by atoms with Gasteiger partial charge in [-0.1, -0.05) is 166 Å². The van der Waals surface area contributed by atoms with Gasteiger partial charge in [-0.15, -0.1) is 0 Å². The summed E-state index contributed by atoms with van der Waals surface area (Å²) >= 11 is 0. The molecule has 5 nitrogen and oxygen atoms in total. The van der Waals surface area contributed by atoms with Gasteiger partial charge in [0.1, 0.15) is 0 Å². The Morgan fingerprint density at radius 2 is 0.698 bits per heavy atom. The molecule has 0 aliphatic rings. The summed E-state index contributed by atoms with van der Waals surface area (Å²) in [4.78, 5) is 0. The van der Waals surface area contributed by atoms with Gasteiger partial charge in [-0.2, -0.15) is 0 Å². The zero-order chi connectivity index (χ0) is 38.6. The molecule has 5 heteroatoms. The summed E-state index contributed by atoms with van der Waals surface area (Å²) in [5, 5.41) is 10.5. The Kier molecular flexibility index (Phi) is 44.6. The normalized spacial score (nSPS) is 14.0. The van der Waals surface area contributed by atoms with Crippen molar-refractivity contribution < 1.29 is 19.3 Å². The average molecular weight is 748 g/mol. The lowest BCUT2D eigenvalue weighted by Gasteiger charge is -2.22. The van der Waals surface area contributed by atoms with E-state index in [1.54, 1.807) is 0 Å². The van der Waals surface area contributed by atoms with Crippen molar-refractivity contribution in [3.63, 3.8) is 0 Å². The molecule has 0 fully saturated rings. The maximum Gasteiger partial charge on any atom is 0.154 e. The molecule has 0 aliphatic heterocycles. The van der Waals surface area contributed by atoms with Gasteiger partial charge in [-0.05, 0) is 96.3 Å². The van der Waals surface area contributed by atoms with Gasteiger partial charge in [0.2, 0.25) is 0 Å². The predicted molar refractivity (Wildman–Crippen MR) is 233 cm³/mol. The van der Waals surface area contributed by atoms with Crippen LogP contribution in [0.4, 0.5) is 0 Å². The van der Waals surface area contributed by atoms with Crippen LogP contribution >= 0.6 is 0 Å². The molecule has 53 heavy (non-hydrogen) atoms. The maximum absolute atomic E-state index is 10.5. The summed E-state index contributed by atoms with van der Waals surface area (Å²) in [5.41, 5.74) is 5.80. The number of aliphatic hydroxyl groups excluding tert-OH is 1. The molecule has 0 amide bonds. The third-order valence-corrected chi connectivity index (χ3v) is 10.3. The van der Waals surface area contributed by atoms with Gasteiger partial charge >= 0.3 is 0 Å². The molecule has 0 aromatic carbocycles. The van der Waals surface area contributed by atoms with Crippen LogP contribution in [0.5, 0.6) is 0 Å². The lowest BCUT2D eigenvalue weighted by atomic mass is 10.0. The van der Waals surface area contributed by atoms with Crippen LogP contribution in [0, 0.1) is 0 Å². The molecule has 0 spiro atoms. The SMILES string of the molecule is CCCC/C=C/CCCCCCCC(O)OCCC(CCCCCCC/C=C/CCCC)OCCC(CCCCCCC/C=C/CCCC)OCCN. The predicted octanol–water partition coefficient (Wildman–Crippen LogP) is 14.3. The van der Waals surface area contributed by atoms with Gasteiger partial charge < -0.3 is 25.1 Å². The van der Waals surface area contributed by atoms with Crippen LogP contribution in [0.2, 0.25) is 0 Å². The van der Waals surface area contributed by atoms with Crippen LogP contribution in [-0.4, -0.2) is 50.0 Å². The van der Waals surface area contributed by atoms with E-state index >= 15 is 0 Å². The number of aliphatic hydroxyl groups is 1. The van der Waals surface area contributed by atoms with Crippen LogP contribution in [-0.2, 0) is 14.2 Å². The molecule has 0 bridgehead atoms. The third kappa shape index (κ3) is 42.0. The van der Waals surface area contributed by atoms with Gasteiger partial charge in [0, 0.05) is 13.2 Å². The topological polar surface area (TPSA) is 73.9 Å². The number of unbranched alkanes of at least 4 members (excludes halogenated alkanes) is 21. The number of hydrogen-bond acceptors (Lipinski definition) is 5. The zero-order valence-corrected chi connectivity index (χ0v) is 35.9. The Morgan fingerprint density at radius 3 is 1.09 bits per heavy atom. The van der Waals surface area contributed by atoms with E-state index in [4.69, 9.17) is 19.9 Å². The van der Waals surface area contributed by atoms with Crippen molar-refractivity contribution in [1.29, 1.82) is 0 Å². The zero-order valence-electron chi connectivity index (χ0n) is 35.9. The molecule has 0 radical (unpaired) electrons. The second kappa shape index (κ2) is 45.4. The highest BCUT2D eigenvalue weighted by Gasteiger charge is 2.14. The van der Waals surface area contributed by atoms with Crippen molar-refractivity contribution in [2.24, 2.45) is 5.73 Å². The molecule has 3 unspecified atom stereocenters. The van der Waals surface area contributed by atoms with Crippen molar-refractivity contribution in [2.75, 3.05) is 26.4 Å². The van der Waals surface area contributed by atoms with Crippen LogP contribution in [0.1, 0.15) is 226 Å².